The molecule has 402 valence electrons. The van der Waals surface area contributed by atoms with Crippen molar-refractivity contribution >= 4 is 43.6 Å². The highest BCUT2D eigenvalue weighted by atomic mass is 19.4. The topological polar surface area (TPSA) is 57.4 Å². The largest absolute Gasteiger partial charge is 0.417 e. The van der Waals surface area contributed by atoms with Crippen LogP contribution >= 0.6 is 0 Å². The number of rotatable bonds is 7. The molecule has 0 aliphatic carbocycles. The fourth-order valence-corrected chi connectivity index (χ4v) is 14.1. The maximum Gasteiger partial charge on any atom is 0.417 e. The normalized spacial score (nSPS) is 11.8. The molecule has 4 nitrogen and oxygen atoms in total. The Hall–Kier alpha value is -9.43. The van der Waals surface area contributed by atoms with Gasteiger partial charge in [-0.1, -0.05) is 125 Å². The SMILES string of the molecule is Cc1cc(C)c(-c2ccc3c4ccc(-c5c(C)cc(C)cc5C)cc4n(-c4cc(-c5ccc(C#N)cc5C(F)(F)F)cc(-n5c6cc(-c7c(C)cc(C)cc7C)ccc6c6ccc(-c7c(C)cc(C)cc7C)cc65)c4C#N)c3c2)c(C)c1. The van der Waals surface area contributed by atoms with Gasteiger partial charge in [0.05, 0.1) is 50.6 Å². The molecule has 0 radical (unpaired) electrons. The summed E-state index contributed by atoms with van der Waals surface area (Å²) in [5.74, 6) is 0. The van der Waals surface area contributed by atoms with E-state index < -0.39 is 11.7 Å². The lowest BCUT2D eigenvalue weighted by molar-refractivity contribution is -0.137. The lowest BCUT2D eigenvalue weighted by Crippen LogP contribution is -2.09. The highest BCUT2D eigenvalue weighted by Gasteiger charge is 2.35. The predicted octanol–water partition coefficient (Wildman–Crippen LogP) is 20.7. The summed E-state index contributed by atoms with van der Waals surface area (Å²) in [5.41, 5.74) is 25.2. The van der Waals surface area contributed by atoms with E-state index >= 15 is 13.2 Å². The van der Waals surface area contributed by atoms with Crippen LogP contribution in [0.3, 0.4) is 0 Å². The molecule has 2 heterocycles. The van der Waals surface area contributed by atoms with E-state index in [0.29, 0.717) is 11.4 Å². The third kappa shape index (κ3) is 8.75. The van der Waals surface area contributed by atoms with Crippen molar-refractivity contribution in [2.75, 3.05) is 0 Å². The molecule has 0 spiro atoms. The molecule has 0 saturated carbocycles. The fraction of sp³-hybridized carbons (Fsp3) is 0.173. The minimum atomic E-state index is -4.84. The Balaban J connectivity index is 1.29. The first-order valence-electron chi connectivity index (χ1n) is 27.8. The van der Waals surface area contributed by atoms with Crippen LogP contribution in [0, 0.1) is 106 Å². The highest BCUT2D eigenvalue weighted by molar-refractivity contribution is 6.14. The molecule has 0 unspecified atom stereocenters. The molecule has 2 aromatic heterocycles. The number of fused-ring (bicyclic) bond motifs is 6. The van der Waals surface area contributed by atoms with Crippen LogP contribution in [0.25, 0.3) is 111 Å². The zero-order valence-electron chi connectivity index (χ0n) is 48.4. The maximum atomic E-state index is 15.8. The Morgan fingerprint density at radius 1 is 0.329 bits per heavy atom. The van der Waals surface area contributed by atoms with Crippen LogP contribution in [0.15, 0.2) is 152 Å². The van der Waals surface area contributed by atoms with Crippen molar-refractivity contribution in [2.45, 2.75) is 89.3 Å². The second kappa shape index (κ2) is 19.7. The van der Waals surface area contributed by atoms with Crippen LogP contribution < -0.4 is 0 Å². The molecule has 0 amide bonds. The van der Waals surface area contributed by atoms with Crippen LogP contribution in [0.5, 0.6) is 0 Å². The molecule has 0 fully saturated rings. The van der Waals surface area contributed by atoms with E-state index in [1.54, 1.807) is 12.1 Å². The van der Waals surface area contributed by atoms with Crippen molar-refractivity contribution in [1.82, 2.24) is 9.13 Å². The number of nitrogens with zero attached hydrogens (tertiary/aromatic N) is 4. The van der Waals surface area contributed by atoms with E-state index in [4.69, 9.17) is 0 Å². The number of aryl methyl sites for hydroxylation is 12. The van der Waals surface area contributed by atoms with Crippen molar-refractivity contribution < 1.29 is 13.2 Å². The predicted molar refractivity (Wildman–Crippen MR) is 334 cm³/mol. The summed E-state index contributed by atoms with van der Waals surface area (Å²) in [6.45, 7) is 25.4. The van der Waals surface area contributed by atoms with Gasteiger partial charge in [-0.3, -0.25) is 0 Å². The Morgan fingerprint density at radius 3 is 0.878 bits per heavy atom. The van der Waals surface area contributed by atoms with Gasteiger partial charge in [-0.25, -0.2) is 0 Å². The summed E-state index contributed by atoms with van der Waals surface area (Å²) in [6, 6.07) is 55.3. The van der Waals surface area contributed by atoms with E-state index in [1.807, 2.05) is 6.07 Å². The first-order chi connectivity index (χ1) is 39.1. The minimum Gasteiger partial charge on any atom is -0.308 e. The van der Waals surface area contributed by atoms with E-state index in [0.717, 1.165) is 161 Å². The average Bonchev–Trinajstić information content (AvgIpc) is 4.14. The van der Waals surface area contributed by atoms with Crippen molar-refractivity contribution in [3.63, 3.8) is 0 Å². The van der Waals surface area contributed by atoms with Gasteiger partial charge in [0.1, 0.15) is 11.6 Å². The molecule has 82 heavy (non-hydrogen) atoms. The molecule has 10 aromatic carbocycles. The van der Waals surface area contributed by atoms with Crippen molar-refractivity contribution in [1.29, 1.82) is 10.5 Å². The monoisotopic (exact) mass is 1070 g/mol. The Kier molecular flexibility index (Phi) is 12.8. The van der Waals surface area contributed by atoms with Crippen molar-refractivity contribution in [2.24, 2.45) is 0 Å². The molecular formula is C75H61F3N4. The molecule has 0 aliphatic rings. The number of nitriles is 2. The number of alkyl halides is 3. The van der Waals surface area contributed by atoms with Crippen molar-refractivity contribution in [3.05, 3.63) is 235 Å². The summed E-state index contributed by atoms with van der Waals surface area (Å²) >= 11 is 0. The van der Waals surface area contributed by atoms with Gasteiger partial charge in [0.2, 0.25) is 0 Å². The molecule has 0 aliphatic heterocycles. The van der Waals surface area contributed by atoms with Gasteiger partial charge in [-0.15, -0.1) is 0 Å². The number of hydrogen-bond acceptors (Lipinski definition) is 2. The summed E-state index contributed by atoms with van der Waals surface area (Å²) < 4.78 is 51.6. The van der Waals surface area contributed by atoms with E-state index in [-0.39, 0.29) is 22.3 Å². The van der Waals surface area contributed by atoms with Gasteiger partial charge in [0, 0.05) is 21.5 Å². The maximum absolute atomic E-state index is 15.8. The van der Waals surface area contributed by atoms with Crippen LogP contribution in [0.1, 0.15) is 83.5 Å². The molecular weight excluding hydrogens is 1010 g/mol. The summed E-state index contributed by atoms with van der Waals surface area (Å²) in [5, 5.41) is 26.0. The smallest absolute Gasteiger partial charge is 0.308 e. The van der Waals surface area contributed by atoms with E-state index in [2.05, 4.69) is 220 Å². The number of aromatic nitrogens is 2. The Bertz CT molecular complexity index is 4250. The molecule has 0 saturated heterocycles. The van der Waals surface area contributed by atoms with Gasteiger partial charge in [-0.05, 0) is 232 Å². The quantitative estimate of drug-likeness (QED) is 0.160. The highest BCUT2D eigenvalue weighted by Crippen LogP contribution is 2.47. The standard InChI is InChI=1S/C75H61F3N4/c1-40-23-44(5)71(45(6)24-40)53-14-19-59-60-20-15-54(72-46(7)25-41(2)26-47(72)8)33-66(60)81(65(59)32-53)69-36-57(58-18-13-52(38-79)31-64(58)75(76,77)78)37-70(63(69)39-80)82-67-34-55(73-48(9)27-42(3)28-49(73)10)16-21-61(67)62-22-17-56(35-68(62)82)74-50(11)29-43(4)30-51(74)12/h13-37H,1-12H3. The summed E-state index contributed by atoms with van der Waals surface area (Å²) in [6.07, 6.45) is -4.84. The second-order valence-electron chi connectivity index (χ2n) is 23.1. The third-order valence-electron chi connectivity index (χ3n) is 16.9. The van der Waals surface area contributed by atoms with E-state index in [9.17, 15) is 10.5 Å². The number of halogens is 3. The minimum absolute atomic E-state index is 0.109. The Labute approximate surface area is 477 Å². The summed E-state index contributed by atoms with van der Waals surface area (Å²) in [4.78, 5) is 0. The molecule has 12 rings (SSSR count). The molecule has 0 N–H and O–H groups in total. The van der Waals surface area contributed by atoms with Crippen LogP contribution in [0.2, 0.25) is 0 Å². The third-order valence-corrected chi connectivity index (χ3v) is 16.9. The second-order valence-corrected chi connectivity index (χ2v) is 23.1. The molecule has 7 heteroatoms. The number of benzene rings is 10. The lowest BCUT2D eigenvalue weighted by Gasteiger charge is -2.21. The zero-order chi connectivity index (χ0) is 58.0. The van der Waals surface area contributed by atoms with Crippen LogP contribution in [0.4, 0.5) is 13.2 Å². The van der Waals surface area contributed by atoms with Gasteiger partial charge in [0.25, 0.3) is 0 Å². The first kappa shape index (κ1) is 53.2. The van der Waals surface area contributed by atoms with Crippen LogP contribution in [-0.4, -0.2) is 9.13 Å². The Morgan fingerprint density at radius 2 is 0.622 bits per heavy atom. The molecule has 0 atom stereocenters. The lowest BCUT2D eigenvalue weighted by atomic mass is 9.92. The average molecular weight is 1080 g/mol. The molecule has 0 bridgehead atoms. The van der Waals surface area contributed by atoms with Gasteiger partial charge in [0.15, 0.2) is 0 Å². The first-order valence-corrected chi connectivity index (χ1v) is 27.8. The van der Waals surface area contributed by atoms with Gasteiger partial charge >= 0.3 is 6.18 Å². The molecule has 12 aromatic rings. The van der Waals surface area contributed by atoms with Gasteiger partial charge < -0.3 is 9.13 Å². The summed E-state index contributed by atoms with van der Waals surface area (Å²) in [7, 11) is 0. The van der Waals surface area contributed by atoms with E-state index in [1.165, 1.54) is 12.1 Å². The van der Waals surface area contributed by atoms with Gasteiger partial charge in [-0.2, -0.15) is 23.7 Å². The fourth-order valence-electron chi connectivity index (χ4n) is 14.1. The zero-order valence-corrected chi connectivity index (χ0v) is 48.4. The number of hydrogen-bond donors (Lipinski definition) is 0. The van der Waals surface area contributed by atoms with Crippen LogP contribution in [-0.2, 0) is 6.18 Å². The van der Waals surface area contributed by atoms with Crippen molar-refractivity contribution in [3.8, 4) is 79.1 Å².